The van der Waals surface area contributed by atoms with Gasteiger partial charge in [0.15, 0.2) is 0 Å². The van der Waals surface area contributed by atoms with Gasteiger partial charge >= 0.3 is 0 Å². The summed E-state index contributed by atoms with van der Waals surface area (Å²) in [6.07, 6.45) is 10.7. The lowest BCUT2D eigenvalue weighted by Gasteiger charge is -2.39. The molecule has 2 rings (SSSR count). The van der Waals surface area contributed by atoms with Crippen LogP contribution in [-0.2, 0) is 5.41 Å². The summed E-state index contributed by atoms with van der Waals surface area (Å²) in [4.78, 5) is 11.4. The molecule has 0 amide bonds. The van der Waals surface area contributed by atoms with Crippen molar-refractivity contribution in [3.05, 3.63) is 35.4 Å². The molecule has 0 N–H and O–H groups in total. The Bertz CT molecular complexity index is 444. The molecule has 1 aliphatic rings. The second-order valence-electron chi connectivity index (χ2n) is 6.13. The van der Waals surface area contributed by atoms with Gasteiger partial charge in [0.05, 0.1) is 5.97 Å². The number of unbranched alkanes of at least 4 members (excludes halogenated alkanes) is 2. The monoisotopic (exact) mass is 273 g/mol. The van der Waals surface area contributed by atoms with Crippen LogP contribution in [0.3, 0.4) is 0 Å². The van der Waals surface area contributed by atoms with E-state index in [1.165, 1.54) is 38.5 Å². The topological polar surface area (TPSA) is 40.1 Å². The summed E-state index contributed by atoms with van der Waals surface area (Å²) in [5, 5.41) is 11.4. The van der Waals surface area contributed by atoms with Gasteiger partial charge in [-0.2, -0.15) is 0 Å². The summed E-state index contributed by atoms with van der Waals surface area (Å²) in [7, 11) is 0. The Morgan fingerprint density at radius 2 is 1.85 bits per heavy atom. The lowest BCUT2D eigenvalue weighted by Crippen LogP contribution is -2.34. The minimum absolute atomic E-state index is 0.0735. The number of carbonyl (C=O) groups excluding carboxylic acids is 1. The largest absolute Gasteiger partial charge is 0.545 e. The fourth-order valence-electron chi connectivity index (χ4n) is 3.72. The Labute approximate surface area is 122 Å². The molecular weight excluding hydrogens is 248 g/mol. The van der Waals surface area contributed by atoms with Gasteiger partial charge in [0.2, 0.25) is 0 Å². The molecule has 1 aromatic carbocycles. The Kier molecular flexibility index (Phi) is 5.22. The number of hydrogen-bond acceptors (Lipinski definition) is 2. The summed E-state index contributed by atoms with van der Waals surface area (Å²) in [6, 6.07) is 7.50. The molecule has 20 heavy (non-hydrogen) atoms. The van der Waals surface area contributed by atoms with Crippen molar-refractivity contribution < 1.29 is 9.90 Å². The molecular formula is C18H25O2-. The smallest absolute Gasteiger partial charge is 0.0718 e. The lowest BCUT2D eigenvalue weighted by atomic mass is 9.65. The van der Waals surface area contributed by atoms with E-state index in [9.17, 15) is 9.90 Å². The predicted molar refractivity (Wildman–Crippen MR) is 79.7 cm³/mol. The molecule has 0 radical (unpaired) electrons. The number of carboxylic acids is 1. The molecule has 0 aromatic heterocycles. The molecule has 0 heterocycles. The Hall–Kier alpha value is -1.31. The predicted octanol–water partition coefficient (Wildman–Crippen LogP) is 3.83. The van der Waals surface area contributed by atoms with Gasteiger partial charge in [0, 0.05) is 5.56 Å². The van der Waals surface area contributed by atoms with Crippen LogP contribution in [0.5, 0.6) is 0 Å². The van der Waals surface area contributed by atoms with Crippen molar-refractivity contribution in [1.29, 1.82) is 0 Å². The first-order valence-corrected chi connectivity index (χ1v) is 8.00. The van der Waals surface area contributed by atoms with Crippen LogP contribution in [0.25, 0.3) is 0 Å². The van der Waals surface area contributed by atoms with Crippen LogP contribution in [0.4, 0.5) is 0 Å². The second kappa shape index (κ2) is 6.92. The third kappa shape index (κ3) is 3.23. The average Bonchev–Trinajstić information content (AvgIpc) is 2.48. The highest BCUT2D eigenvalue weighted by atomic mass is 16.4. The third-order valence-electron chi connectivity index (χ3n) is 4.79. The molecule has 110 valence electrons. The normalized spacial score (nSPS) is 17.9. The number of hydrogen-bond donors (Lipinski definition) is 0. The molecule has 1 aromatic rings. The quantitative estimate of drug-likeness (QED) is 0.739. The Balaban J connectivity index is 2.33. The number of rotatable bonds is 6. The van der Waals surface area contributed by atoms with E-state index < -0.39 is 5.97 Å². The van der Waals surface area contributed by atoms with Crippen molar-refractivity contribution >= 4 is 5.97 Å². The first-order chi connectivity index (χ1) is 9.69. The molecule has 0 bridgehead atoms. The van der Waals surface area contributed by atoms with Crippen molar-refractivity contribution in [2.75, 3.05) is 0 Å². The second-order valence-corrected chi connectivity index (χ2v) is 6.13. The summed E-state index contributed by atoms with van der Waals surface area (Å²) in [5.41, 5.74) is 1.51. The first-order valence-electron chi connectivity index (χ1n) is 8.00. The van der Waals surface area contributed by atoms with E-state index in [2.05, 4.69) is 6.92 Å². The van der Waals surface area contributed by atoms with Crippen LogP contribution in [0.2, 0.25) is 0 Å². The highest BCUT2D eigenvalue weighted by Gasteiger charge is 2.34. The van der Waals surface area contributed by atoms with Gasteiger partial charge in [-0.05, 0) is 30.2 Å². The molecule has 2 nitrogen and oxygen atoms in total. The highest BCUT2D eigenvalue weighted by molar-refractivity contribution is 5.88. The van der Waals surface area contributed by atoms with E-state index in [0.717, 1.165) is 24.8 Å². The van der Waals surface area contributed by atoms with Crippen molar-refractivity contribution in [3.8, 4) is 0 Å². The zero-order valence-corrected chi connectivity index (χ0v) is 12.5. The van der Waals surface area contributed by atoms with Gasteiger partial charge in [0.1, 0.15) is 0 Å². The van der Waals surface area contributed by atoms with Crippen molar-refractivity contribution in [1.82, 2.24) is 0 Å². The fourth-order valence-corrected chi connectivity index (χ4v) is 3.72. The van der Waals surface area contributed by atoms with E-state index >= 15 is 0 Å². The van der Waals surface area contributed by atoms with E-state index in [1.54, 1.807) is 12.1 Å². The molecule has 0 aliphatic heterocycles. The number of carboxylic acid groups (broad SMARTS) is 1. The molecule has 0 atom stereocenters. The zero-order chi connectivity index (χ0) is 14.4. The average molecular weight is 273 g/mol. The number of carbonyl (C=O) groups is 1. The SMILES string of the molecule is CCCCCC1(c2ccccc2C(=O)[O-])CCCCC1. The van der Waals surface area contributed by atoms with Crippen LogP contribution in [0.15, 0.2) is 24.3 Å². The van der Waals surface area contributed by atoms with E-state index in [-0.39, 0.29) is 5.41 Å². The molecule has 0 spiro atoms. The van der Waals surface area contributed by atoms with Gasteiger partial charge in [-0.15, -0.1) is 0 Å². The van der Waals surface area contributed by atoms with Crippen LogP contribution in [0.1, 0.15) is 80.6 Å². The van der Waals surface area contributed by atoms with Gasteiger partial charge in [-0.3, -0.25) is 0 Å². The summed E-state index contributed by atoms with van der Waals surface area (Å²) < 4.78 is 0. The maximum atomic E-state index is 11.4. The van der Waals surface area contributed by atoms with Crippen molar-refractivity contribution in [3.63, 3.8) is 0 Å². The maximum absolute atomic E-state index is 11.4. The van der Waals surface area contributed by atoms with Gasteiger partial charge < -0.3 is 9.90 Å². The first kappa shape index (κ1) is 15.1. The fraction of sp³-hybridized carbons (Fsp3) is 0.611. The third-order valence-corrected chi connectivity index (χ3v) is 4.79. The van der Waals surface area contributed by atoms with Crippen LogP contribution in [-0.4, -0.2) is 5.97 Å². The Morgan fingerprint density at radius 1 is 1.15 bits per heavy atom. The summed E-state index contributed by atoms with van der Waals surface area (Å²) in [5.74, 6) is -1.03. The molecule has 1 fully saturated rings. The van der Waals surface area contributed by atoms with Crippen molar-refractivity contribution in [2.45, 2.75) is 70.1 Å². The van der Waals surface area contributed by atoms with E-state index in [0.29, 0.717) is 5.56 Å². The van der Waals surface area contributed by atoms with Crippen LogP contribution in [0, 0.1) is 0 Å². The van der Waals surface area contributed by atoms with Gasteiger partial charge in [0.25, 0.3) is 0 Å². The number of aromatic carboxylic acids is 1. The van der Waals surface area contributed by atoms with E-state index in [1.807, 2.05) is 12.1 Å². The molecule has 1 saturated carbocycles. The highest BCUT2D eigenvalue weighted by Crippen LogP contribution is 2.44. The number of benzene rings is 1. The molecule has 0 saturated heterocycles. The zero-order valence-electron chi connectivity index (χ0n) is 12.5. The minimum Gasteiger partial charge on any atom is -0.545 e. The van der Waals surface area contributed by atoms with Gasteiger partial charge in [-0.25, -0.2) is 0 Å². The maximum Gasteiger partial charge on any atom is 0.0718 e. The lowest BCUT2D eigenvalue weighted by molar-refractivity contribution is -0.255. The molecule has 1 aliphatic carbocycles. The van der Waals surface area contributed by atoms with Crippen LogP contribution < -0.4 is 5.11 Å². The minimum atomic E-state index is -1.03. The van der Waals surface area contributed by atoms with Gasteiger partial charge in [-0.1, -0.05) is 69.7 Å². The molecule has 0 unspecified atom stereocenters. The summed E-state index contributed by atoms with van der Waals surface area (Å²) in [6.45, 7) is 2.21. The molecule has 2 heteroatoms. The Morgan fingerprint density at radius 3 is 2.50 bits per heavy atom. The van der Waals surface area contributed by atoms with E-state index in [4.69, 9.17) is 0 Å². The van der Waals surface area contributed by atoms with Crippen LogP contribution >= 0.6 is 0 Å². The standard InChI is InChI=1S/C18H26O2/c1-2-3-7-12-18(13-8-4-9-14-18)16-11-6-5-10-15(16)17(19)20/h5-6,10-11H,2-4,7-9,12-14H2,1H3,(H,19,20)/p-1. The van der Waals surface area contributed by atoms with Crippen molar-refractivity contribution in [2.24, 2.45) is 0 Å². The summed E-state index contributed by atoms with van der Waals surface area (Å²) >= 11 is 0.